The Kier molecular flexibility index (Phi) is 5.08. The van der Waals surface area contributed by atoms with Gasteiger partial charge in [-0.15, -0.1) is 0 Å². The molecule has 0 spiro atoms. The minimum Gasteiger partial charge on any atom is -0.217 e. The van der Waals surface area contributed by atoms with Crippen LogP contribution in [-0.4, -0.2) is 40.6 Å². The summed E-state index contributed by atoms with van der Waals surface area (Å²) in [4.78, 5) is 0. The first-order chi connectivity index (χ1) is 9.50. The monoisotopic (exact) mass is 448 g/mol. The van der Waals surface area contributed by atoms with Crippen LogP contribution >= 0.6 is 15.9 Å². The van der Waals surface area contributed by atoms with Crippen molar-refractivity contribution in [2.45, 2.75) is 40.6 Å². The summed E-state index contributed by atoms with van der Waals surface area (Å²) >= 11 is 0.189. The zero-order chi connectivity index (χ0) is 19.5. The van der Waals surface area contributed by atoms with E-state index >= 15 is 0 Å². The molecule has 0 nitrogen and oxygen atoms in total. The van der Waals surface area contributed by atoms with E-state index in [9.17, 15) is 65.9 Å². The summed E-state index contributed by atoms with van der Waals surface area (Å²) in [5.74, 6) is -31.2. The molecule has 1 unspecified atom stereocenters. The standard InChI is InChI=1S/C7BrF15/c8-1(9,3(12,13)6(18,19)20)2(10,11)4(14,15)5(16,17)7(21,22)23. The summed E-state index contributed by atoms with van der Waals surface area (Å²) in [6.45, 7) is 0. The van der Waals surface area contributed by atoms with Gasteiger partial charge in [0.05, 0.1) is 0 Å². The lowest BCUT2D eigenvalue weighted by Crippen LogP contribution is -2.71. The van der Waals surface area contributed by atoms with Crippen molar-refractivity contribution in [2.24, 2.45) is 0 Å². The van der Waals surface area contributed by atoms with Crippen LogP contribution in [0.2, 0.25) is 0 Å². The first-order valence-corrected chi connectivity index (χ1v) is 5.32. The molecule has 140 valence electrons. The Hall–Kier alpha value is -0.570. The molecule has 0 aromatic heterocycles. The molecule has 0 rings (SSSR count). The van der Waals surface area contributed by atoms with Crippen molar-refractivity contribution in [3.8, 4) is 0 Å². The van der Waals surface area contributed by atoms with Crippen LogP contribution in [0.1, 0.15) is 0 Å². The highest BCUT2D eigenvalue weighted by molar-refractivity contribution is 9.10. The van der Waals surface area contributed by atoms with Crippen molar-refractivity contribution in [3.05, 3.63) is 0 Å². The molecule has 0 fully saturated rings. The molecule has 0 bridgehead atoms. The average Bonchev–Trinajstić information content (AvgIpc) is 2.24. The topological polar surface area (TPSA) is 0 Å². The molecule has 0 heterocycles. The van der Waals surface area contributed by atoms with Gasteiger partial charge in [-0.1, -0.05) is 0 Å². The van der Waals surface area contributed by atoms with Gasteiger partial charge in [-0.05, 0) is 15.9 Å². The fraction of sp³-hybridized carbons (Fsp3) is 1.00. The Bertz CT molecular complexity index is 400. The minimum absolute atomic E-state index is 0.189. The summed E-state index contributed by atoms with van der Waals surface area (Å²) in [7, 11) is 0. The maximum absolute atomic E-state index is 13.1. The molecule has 0 radical (unpaired) electrons. The molecule has 0 saturated heterocycles. The fourth-order valence-corrected chi connectivity index (χ4v) is 1.42. The largest absolute Gasteiger partial charge is 0.460 e. The molecule has 0 aliphatic rings. The van der Waals surface area contributed by atoms with E-state index in [0.29, 0.717) is 0 Å². The first kappa shape index (κ1) is 22.4. The summed E-state index contributed by atoms with van der Waals surface area (Å²) < 4.78 is 177. The quantitative estimate of drug-likeness (QED) is 0.381. The third kappa shape index (κ3) is 2.83. The zero-order valence-electron chi connectivity index (χ0n) is 9.55. The summed E-state index contributed by atoms with van der Waals surface area (Å²) in [5, 5.41) is 0. The van der Waals surface area contributed by atoms with E-state index in [1.165, 1.54) is 0 Å². The van der Waals surface area contributed by atoms with Gasteiger partial charge in [-0.25, -0.2) is 4.39 Å². The molecule has 0 aromatic carbocycles. The maximum atomic E-state index is 13.1. The number of alkyl halides is 16. The van der Waals surface area contributed by atoms with Crippen molar-refractivity contribution < 1.29 is 65.9 Å². The summed E-state index contributed by atoms with van der Waals surface area (Å²) in [5.41, 5.74) is 0. The van der Waals surface area contributed by atoms with E-state index in [1.807, 2.05) is 0 Å². The van der Waals surface area contributed by atoms with Gasteiger partial charge in [-0.3, -0.25) is 0 Å². The number of halogens is 16. The van der Waals surface area contributed by atoms with E-state index < -0.39 is 40.6 Å². The SMILES string of the molecule is FC(F)(F)C(F)(F)C(F)(F)C(F)(F)C(F)(Br)C(F)(F)C(F)(F)F. The lowest BCUT2D eigenvalue weighted by molar-refractivity contribution is -0.424. The van der Waals surface area contributed by atoms with Gasteiger partial charge in [0.25, 0.3) is 0 Å². The average molecular weight is 449 g/mol. The van der Waals surface area contributed by atoms with Crippen molar-refractivity contribution in [1.29, 1.82) is 0 Å². The molecule has 0 aromatic rings. The second-order valence-electron chi connectivity index (χ2n) is 3.87. The fourth-order valence-electron chi connectivity index (χ4n) is 0.948. The molecule has 23 heavy (non-hydrogen) atoms. The van der Waals surface area contributed by atoms with Gasteiger partial charge >= 0.3 is 40.6 Å². The van der Waals surface area contributed by atoms with Crippen molar-refractivity contribution in [2.75, 3.05) is 0 Å². The van der Waals surface area contributed by atoms with Crippen LogP contribution < -0.4 is 0 Å². The molecule has 0 aliphatic heterocycles. The number of hydrogen-bond donors (Lipinski definition) is 0. The molecule has 0 saturated carbocycles. The molecule has 0 N–H and O–H groups in total. The highest BCUT2D eigenvalue weighted by Crippen LogP contribution is 2.63. The van der Waals surface area contributed by atoms with E-state index in [1.54, 1.807) is 0 Å². The highest BCUT2D eigenvalue weighted by atomic mass is 79.9. The van der Waals surface area contributed by atoms with Gasteiger partial charge in [-0.2, -0.15) is 61.5 Å². The molecule has 0 amide bonds. The lowest BCUT2D eigenvalue weighted by Gasteiger charge is -2.41. The van der Waals surface area contributed by atoms with E-state index in [0.717, 1.165) is 0 Å². The third-order valence-electron chi connectivity index (χ3n) is 2.29. The van der Waals surface area contributed by atoms with Gasteiger partial charge in [0.15, 0.2) is 0 Å². The zero-order valence-corrected chi connectivity index (χ0v) is 11.1. The van der Waals surface area contributed by atoms with Gasteiger partial charge in [0.1, 0.15) is 0 Å². The van der Waals surface area contributed by atoms with E-state index in [-0.39, 0.29) is 15.9 Å². The maximum Gasteiger partial charge on any atom is 0.460 e. The Morgan fingerprint density at radius 2 is 0.609 bits per heavy atom. The van der Waals surface area contributed by atoms with E-state index in [2.05, 4.69) is 0 Å². The Morgan fingerprint density at radius 3 is 0.826 bits per heavy atom. The third-order valence-corrected chi connectivity index (χ3v) is 3.29. The van der Waals surface area contributed by atoms with Crippen LogP contribution in [0, 0.1) is 0 Å². The summed E-state index contributed by atoms with van der Waals surface area (Å²) in [6, 6.07) is 0. The number of rotatable bonds is 4. The van der Waals surface area contributed by atoms with Crippen LogP contribution in [0.5, 0.6) is 0 Å². The Labute approximate surface area is 123 Å². The van der Waals surface area contributed by atoms with Gasteiger partial charge in [0, 0.05) is 0 Å². The highest BCUT2D eigenvalue weighted by Gasteiger charge is 2.92. The Balaban J connectivity index is 6.37. The van der Waals surface area contributed by atoms with Crippen LogP contribution in [0.25, 0.3) is 0 Å². The van der Waals surface area contributed by atoms with Gasteiger partial charge < -0.3 is 0 Å². The Morgan fingerprint density at radius 1 is 0.348 bits per heavy atom. The first-order valence-electron chi connectivity index (χ1n) is 4.52. The van der Waals surface area contributed by atoms with Crippen LogP contribution in [-0.2, 0) is 0 Å². The minimum atomic E-state index is -8.01. The number of hydrogen-bond acceptors (Lipinski definition) is 0. The predicted molar refractivity (Wildman–Crippen MR) is 44.7 cm³/mol. The van der Waals surface area contributed by atoms with Crippen LogP contribution in [0.15, 0.2) is 0 Å². The van der Waals surface area contributed by atoms with Crippen molar-refractivity contribution >= 4 is 15.9 Å². The molecule has 0 aliphatic carbocycles. The van der Waals surface area contributed by atoms with Crippen LogP contribution in [0.4, 0.5) is 65.9 Å². The second kappa shape index (κ2) is 5.21. The molecule has 16 heteroatoms. The second-order valence-corrected chi connectivity index (χ2v) is 4.96. The molecule has 1 atom stereocenters. The lowest BCUT2D eigenvalue weighted by atomic mass is 9.95. The molecular formula is C7BrF15. The van der Waals surface area contributed by atoms with E-state index in [4.69, 9.17) is 0 Å². The van der Waals surface area contributed by atoms with Crippen LogP contribution in [0.3, 0.4) is 0 Å². The van der Waals surface area contributed by atoms with Crippen molar-refractivity contribution in [3.63, 3.8) is 0 Å². The normalized spacial score (nSPS) is 18.8. The predicted octanol–water partition coefficient (Wildman–Crippen LogP) is 5.71. The summed E-state index contributed by atoms with van der Waals surface area (Å²) in [6.07, 6.45) is -14.9. The molecular weight excluding hydrogens is 449 g/mol. The van der Waals surface area contributed by atoms with Gasteiger partial charge in [0.2, 0.25) is 0 Å². The van der Waals surface area contributed by atoms with Crippen molar-refractivity contribution in [1.82, 2.24) is 0 Å². The smallest absolute Gasteiger partial charge is 0.217 e.